The van der Waals surface area contributed by atoms with Gasteiger partial charge in [0.05, 0.1) is 0 Å². The van der Waals surface area contributed by atoms with Crippen LogP contribution in [0.25, 0.3) is 0 Å². The van der Waals surface area contributed by atoms with Crippen molar-refractivity contribution < 1.29 is 39.5 Å². The van der Waals surface area contributed by atoms with Crippen LogP contribution in [0.15, 0.2) is 0 Å². The molecule has 1 rings (SSSR count). The van der Waals surface area contributed by atoms with Gasteiger partial charge < -0.3 is 25.2 Å². The molecule has 1 aliphatic carbocycles. The monoisotopic (exact) mass is 389 g/mol. The van der Waals surface area contributed by atoms with E-state index in [1.54, 1.807) is 6.92 Å². The number of nitrogens with one attached hydrogen (secondary N) is 1. The van der Waals surface area contributed by atoms with E-state index < -0.39 is 48.8 Å². The minimum Gasteiger partial charge on any atom is -0.463 e. The Labute approximate surface area is 158 Å². The van der Waals surface area contributed by atoms with Crippen molar-refractivity contribution >= 4 is 17.8 Å². The van der Waals surface area contributed by atoms with Crippen LogP contribution < -0.4 is 5.32 Å². The number of hydrogen-bond donors (Lipinski definition) is 5. The van der Waals surface area contributed by atoms with E-state index >= 15 is 0 Å². The average Bonchev–Trinajstić information content (AvgIpc) is 3.16. The number of aliphatic hydroxyl groups is 4. The minimum absolute atomic E-state index is 0.0660. The third-order valence-corrected chi connectivity index (χ3v) is 4.72. The molecule has 0 aromatic rings. The molecule has 1 aliphatic rings. The van der Waals surface area contributed by atoms with Crippen molar-refractivity contribution in [2.24, 2.45) is 5.92 Å². The molecule has 4 atom stereocenters. The predicted octanol–water partition coefficient (Wildman–Crippen LogP) is -0.613. The largest absolute Gasteiger partial charge is 0.463 e. The maximum Gasteiger partial charge on any atom is 0.305 e. The zero-order chi connectivity index (χ0) is 20.4. The molecule has 0 bridgehead atoms. The van der Waals surface area contributed by atoms with E-state index in [1.807, 2.05) is 5.32 Å². The maximum absolute atomic E-state index is 11.7. The molecule has 0 unspecified atom stereocenters. The van der Waals surface area contributed by atoms with Crippen LogP contribution in [-0.4, -0.2) is 69.2 Å². The lowest BCUT2D eigenvalue weighted by Crippen LogP contribution is -2.52. The van der Waals surface area contributed by atoms with Gasteiger partial charge in [-0.2, -0.15) is 0 Å². The van der Waals surface area contributed by atoms with Gasteiger partial charge >= 0.3 is 5.97 Å². The van der Waals surface area contributed by atoms with Crippen LogP contribution >= 0.6 is 0 Å². The normalized spacial score (nSPS) is 19.1. The van der Waals surface area contributed by atoms with E-state index in [4.69, 9.17) is 4.74 Å². The SMILES string of the molecule is CCCC(=O)NC(=O)[C@H](O)[C@@H](O)[C@H](O)[C@H](O)COC(=O)CCC1CCCC1. The molecule has 0 radical (unpaired) electrons. The number of esters is 1. The maximum atomic E-state index is 11.7. The smallest absolute Gasteiger partial charge is 0.305 e. The molecule has 27 heavy (non-hydrogen) atoms. The molecule has 0 aromatic heterocycles. The summed E-state index contributed by atoms with van der Waals surface area (Å²) in [6.07, 6.45) is -1.78. The molecule has 2 amide bonds. The summed E-state index contributed by atoms with van der Waals surface area (Å²) >= 11 is 0. The number of carbonyl (C=O) groups excluding carboxylic acids is 3. The Morgan fingerprint density at radius 3 is 2.26 bits per heavy atom. The first-order valence-electron chi connectivity index (χ1n) is 9.47. The Balaban J connectivity index is 2.35. The van der Waals surface area contributed by atoms with Gasteiger partial charge in [-0.3, -0.25) is 19.7 Å². The van der Waals surface area contributed by atoms with Crippen molar-refractivity contribution in [2.75, 3.05) is 6.61 Å². The first-order valence-corrected chi connectivity index (χ1v) is 9.47. The lowest BCUT2D eigenvalue weighted by atomic mass is 10.0. The summed E-state index contributed by atoms with van der Waals surface area (Å²) in [4.78, 5) is 34.7. The molecule has 0 aliphatic heterocycles. The van der Waals surface area contributed by atoms with E-state index in [-0.39, 0.29) is 12.8 Å². The zero-order valence-electron chi connectivity index (χ0n) is 15.7. The van der Waals surface area contributed by atoms with Crippen molar-refractivity contribution in [1.82, 2.24) is 5.32 Å². The second kappa shape index (κ2) is 12.0. The summed E-state index contributed by atoms with van der Waals surface area (Å²) in [7, 11) is 0. The van der Waals surface area contributed by atoms with Crippen molar-refractivity contribution in [3.63, 3.8) is 0 Å². The van der Waals surface area contributed by atoms with Crippen LogP contribution in [0.1, 0.15) is 58.3 Å². The van der Waals surface area contributed by atoms with Gasteiger partial charge in [-0.25, -0.2) is 0 Å². The highest BCUT2D eigenvalue weighted by atomic mass is 16.5. The summed E-state index contributed by atoms with van der Waals surface area (Å²) < 4.78 is 4.88. The molecule has 1 saturated carbocycles. The predicted molar refractivity (Wildman–Crippen MR) is 94.2 cm³/mol. The fourth-order valence-corrected chi connectivity index (χ4v) is 3.04. The molecule has 0 spiro atoms. The van der Waals surface area contributed by atoms with Gasteiger partial charge in [0.15, 0.2) is 6.10 Å². The number of ether oxygens (including phenoxy) is 1. The summed E-state index contributed by atoms with van der Waals surface area (Å²) in [5, 5.41) is 41.1. The summed E-state index contributed by atoms with van der Waals surface area (Å²) in [6, 6.07) is 0. The molecular weight excluding hydrogens is 358 g/mol. The van der Waals surface area contributed by atoms with E-state index in [9.17, 15) is 34.8 Å². The Bertz CT molecular complexity index is 492. The number of rotatable bonds is 11. The molecule has 9 heteroatoms. The summed E-state index contributed by atoms with van der Waals surface area (Å²) in [5.74, 6) is -1.81. The standard InChI is InChI=1S/C18H31NO8/c1-2-5-13(21)19-18(26)17(25)16(24)15(23)12(20)10-27-14(22)9-8-11-6-3-4-7-11/h11-12,15-17,20,23-25H,2-10H2,1H3,(H,19,21,26)/t12-,15-,16+,17-/m1/s1. The second-order valence-corrected chi connectivity index (χ2v) is 7.03. The van der Waals surface area contributed by atoms with Crippen LogP contribution in [0.5, 0.6) is 0 Å². The fraction of sp³-hybridized carbons (Fsp3) is 0.833. The van der Waals surface area contributed by atoms with Gasteiger partial charge in [0.25, 0.3) is 5.91 Å². The Kier molecular flexibility index (Phi) is 10.5. The minimum atomic E-state index is -2.12. The lowest BCUT2D eigenvalue weighted by Gasteiger charge is -2.25. The summed E-state index contributed by atoms with van der Waals surface area (Å²) in [6.45, 7) is 1.15. The highest BCUT2D eigenvalue weighted by Gasteiger charge is 2.35. The number of imide groups is 1. The quantitative estimate of drug-likeness (QED) is 0.293. The lowest BCUT2D eigenvalue weighted by molar-refractivity contribution is -0.160. The molecule has 5 N–H and O–H groups in total. The zero-order valence-corrected chi connectivity index (χ0v) is 15.7. The van der Waals surface area contributed by atoms with Crippen LogP contribution in [0, 0.1) is 5.92 Å². The van der Waals surface area contributed by atoms with Crippen LogP contribution in [-0.2, 0) is 19.1 Å². The highest BCUT2D eigenvalue weighted by molar-refractivity contribution is 5.97. The number of amides is 2. The average molecular weight is 389 g/mol. The molecule has 0 saturated heterocycles. The third kappa shape index (κ3) is 8.34. The van der Waals surface area contributed by atoms with Gasteiger partial charge in [0.2, 0.25) is 5.91 Å². The Morgan fingerprint density at radius 2 is 1.67 bits per heavy atom. The van der Waals surface area contributed by atoms with Gasteiger partial charge in [-0.1, -0.05) is 32.6 Å². The van der Waals surface area contributed by atoms with Crippen molar-refractivity contribution in [3.8, 4) is 0 Å². The highest BCUT2D eigenvalue weighted by Crippen LogP contribution is 2.28. The van der Waals surface area contributed by atoms with Gasteiger partial charge in [0, 0.05) is 12.8 Å². The molecule has 156 valence electrons. The molecule has 0 aromatic carbocycles. The van der Waals surface area contributed by atoms with Gasteiger partial charge in [-0.05, 0) is 18.8 Å². The van der Waals surface area contributed by atoms with E-state index in [0.29, 0.717) is 18.8 Å². The first-order chi connectivity index (χ1) is 12.8. The van der Waals surface area contributed by atoms with Crippen LogP contribution in [0.2, 0.25) is 0 Å². The molecule has 9 nitrogen and oxygen atoms in total. The fourth-order valence-electron chi connectivity index (χ4n) is 3.04. The van der Waals surface area contributed by atoms with Crippen molar-refractivity contribution in [1.29, 1.82) is 0 Å². The second-order valence-electron chi connectivity index (χ2n) is 7.03. The van der Waals surface area contributed by atoms with Gasteiger partial charge in [-0.15, -0.1) is 0 Å². The molecular formula is C18H31NO8. The van der Waals surface area contributed by atoms with E-state index in [2.05, 4.69) is 0 Å². The first kappa shape index (κ1) is 23.5. The van der Waals surface area contributed by atoms with E-state index in [1.165, 1.54) is 12.8 Å². The summed E-state index contributed by atoms with van der Waals surface area (Å²) in [5.41, 5.74) is 0. The Hall–Kier alpha value is -1.55. The number of aliphatic hydroxyl groups excluding tert-OH is 4. The Morgan fingerprint density at radius 1 is 1.04 bits per heavy atom. The third-order valence-electron chi connectivity index (χ3n) is 4.72. The van der Waals surface area contributed by atoms with Crippen molar-refractivity contribution in [2.45, 2.75) is 82.7 Å². The van der Waals surface area contributed by atoms with Crippen LogP contribution in [0.4, 0.5) is 0 Å². The van der Waals surface area contributed by atoms with Crippen LogP contribution in [0.3, 0.4) is 0 Å². The topological polar surface area (TPSA) is 153 Å². The van der Waals surface area contributed by atoms with E-state index in [0.717, 1.165) is 12.8 Å². The number of hydrogen-bond acceptors (Lipinski definition) is 8. The van der Waals surface area contributed by atoms with Gasteiger partial charge in [0.1, 0.15) is 24.9 Å². The molecule has 1 fully saturated rings. The molecule has 0 heterocycles. The van der Waals surface area contributed by atoms with Crippen molar-refractivity contribution in [3.05, 3.63) is 0 Å². The number of carbonyl (C=O) groups is 3.